The second-order valence-electron chi connectivity index (χ2n) is 3.14. The van der Waals surface area contributed by atoms with E-state index in [2.05, 4.69) is 4.98 Å². The highest BCUT2D eigenvalue weighted by Crippen LogP contribution is 2.35. The molecule has 0 bridgehead atoms. The van der Waals surface area contributed by atoms with Crippen LogP contribution in [0.25, 0.3) is 0 Å². The molecule has 0 unspecified atom stereocenters. The first kappa shape index (κ1) is 10.0. The summed E-state index contributed by atoms with van der Waals surface area (Å²) in [5.41, 5.74) is 0.0470. The fraction of sp³-hybridized carbons (Fsp3) is 0. The van der Waals surface area contributed by atoms with E-state index in [1.807, 2.05) is 0 Å². The molecule has 0 aliphatic heterocycles. The summed E-state index contributed by atoms with van der Waals surface area (Å²) in [6.07, 6.45) is 4.16. The fourth-order valence-electron chi connectivity index (χ4n) is 1.26. The summed E-state index contributed by atoms with van der Waals surface area (Å²) in [6, 6.07) is 2.13. The lowest BCUT2D eigenvalue weighted by Crippen LogP contribution is -2.09. The molecule has 6 nitrogen and oxygen atoms in total. The molecule has 0 fully saturated rings. The molecule has 16 heavy (non-hydrogen) atoms. The number of imidazole rings is 1. The van der Waals surface area contributed by atoms with Crippen LogP contribution in [0.2, 0.25) is 0 Å². The molecule has 0 radical (unpaired) electrons. The number of carbonyl (C=O) groups is 1. The van der Waals surface area contributed by atoms with Crippen LogP contribution in [-0.2, 0) is 0 Å². The van der Waals surface area contributed by atoms with Crippen LogP contribution < -0.4 is 0 Å². The highest BCUT2D eigenvalue weighted by atomic mass is 16.3. The van der Waals surface area contributed by atoms with E-state index in [1.165, 1.54) is 23.3 Å². The minimum atomic E-state index is -0.651. The molecule has 2 rings (SSSR count). The van der Waals surface area contributed by atoms with Crippen molar-refractivity contribution in [2.24, 2.45) is 0 Å². The van der Waals surface area contributed by atoms with Crippen molar-refractivity contribution < 1.29 is 20.1 Å². The third kappa shape index (κ3) is 1.56. The molecule has 82 valence electrons. The highest BCUT2D eigenvalue weighted by Gasteiger charge is 2.14. The van der Waals surface area contributed by atoms with Gasteiger partial charge >= 0.3 is 0 Å². The van der Waals surface area contributed by atoms with E-state index in [0.29, 0.717) is 0 Å². The van der Waals surface area contributed by atoms with Gasteiger partial charge in [0.15, 0.2) is 17.2 Å². The number of carbonyl (C=O) groups excluding carboxylic acids is 1. The van der Waals surface area contributed by atoms with Gasteiger partial charge in [-0.05, 0) is 12.1 Å². The Morgan fingerprint density at radius 2 is 1.81 bits per heavy atom. The van der Waals surface area contributed by atoms with Crippen LogP contribution in [0.15, 0.2) is 30.9 Å². The number of aromatic hydroxyl groups is 3. The largest absolute Gasteiger partial charge is 0.504 e. The van der Waals surface area contributed by atoms with Crippen LogP contribution in [0.3, 0.4) is 0 Å². The Balaban J connectivity index is 2.46. The lowest BCUT2D eigenvalue weighted by Gasteiger charge is -2.05. The van der Waals surface area contributed by atoms with Gasteiger partial charge in [0.25, 0.3) is 5.91 Å². The fourth-order valence-corrected chi connectivity index (χ4v) is 1.26. The summed E-state index contributed by atoms with van der Waals surface area (Å²) in [7, 11) is 0. The van der Waals surface area contributed by atoms with Crippen LogP contribution in [0.4, 0.5) is 0 Å². The molecular weight excluding hydrogens is 212 g/mol. The number of phenolic OH excluding ortho intramolecular Hbond substituents is 3. The molecule has 2 aromatic rings. The van der Waals surface area contributed by atoms with Gasteiger partial charge in [0.05, 0.1) is 0 Å². The summed E-state index contributed by atoms with van der Waals surface area (Å²) in [5.74, 6) is -2.22. The Bertz CT molecular complexity index is 511. The lowest BCUT2D eigenvalue weighted by atomic mass is 10.1. The second-order valence-corrected chi connectivity index (χ2v) is 3.14. The zero-order valence-corrected chi connectivity index (χ0v) is 8.03. The van der Waals surface area contributed by atoms with Crippen LogP contribution in [0, 0.1) is 0 Å². The van der Waals surface area contributed by atoms with Gasteiger partial charge in [-0.2, -0.15) is 0 Å². The average Bonchev–Trinajstić information content (AvgIpc) is 2.77. The summed E-state index contributed by atoms with van der Waals surface area (Å²) in [4.78, 5) is 15.4. The molecular formula is C10H8N2O4. The number of hydrogen-bond acceptors (Lipinski definition) is 5. The van der Waals surface area contributed by atoms with Gasteiger partial charge in [0.2, 0.25) is 0 Å². The highest BCUT2D eigenvalue weighted by molar-refractivity contribution is 5.97. The molecule has 0 aliphatic carbocycles. The minimum Gasteiger partial charge on any atom is -0.504 e. The predicted octanol–water partition coefficient (Wildman–Crippen LogP) is 0.688. The number of hydrogen-bond donors (Lipinski definition) is 3. The molecule has 0 amide bonds. The quantitative estimate of drug-likeness (QED) is 0.614. The average molecular weight is 220 g/mol. The first-order valence-electron chi connectivity index (χ1n) is 4.37. The van der Waals surface area contributed by atoms with Gasteiger partial charge in [-0.25, -0.2) is 4.98 Å². The van der Waals surface area contributed by atoms with Crippen LogP contribution >= 0.6 is 0 Å². The number of phenols is 3. The summed E-state index contributed by atoms with van der Waals surface area (Å²) >= 11 is 0. The van der Waals surface area contributed by atoms with E-state index in [4.69, 9.17) is 5.11 Å². The van der Waals surface area contributed by atoms with Gasteiger partial charge in [0, 0.05) is 18.0 Å². The van der Waals surface area contributed by atoms with Crippen molar-refractivity contribution in [3.8, 4) is 17.2 Å². The van der Waals surface area contributed by atoms with Crippen molar-refractivity contribution in [2.75, 3.05) is 0 Å². The zero-order valence-electron chi connectivity index (χ0n) is 8.03. The van der Waals surface area contributed by atoms with Gasteiger partial charge < -0.3 is 15.3 Å². The van der Waals surface area contributed by atoms with Gasteiger partial charge in [-0.3, -0.25) is 9.36 Å². The third-order valence-electron chi connectivity index (χ3n) is 2.06. The molecule has 1 heterocycles. The van der Waals surface area contributed by atoms with E-state index in [-0.39, 0.29) is 5.56 Å². The lowest BCUT2D eigenvalue weighted by molar-refractivity contribution is 0.0959. The monoisotopic (exact) mass is 220 g/mol. The number of aromatic nitrogens is 2. The normalized spacial score (nSPS) is 10.2. The van der Waals surface area contributed by atoms with Crippen molar-refractivity contribution in [3.05, 3.63) is 36.4 Å². The van der Waals surface area contributed by atoms with Crippen molar-refractivity contribution in [1.29, 1.82) is 0 Å². The molecule has 0 atom stereocenters. The van der Waals surface area contributed by atoms with Gasteiger partial charge in [0.1, 0.15) is 6.33 Å². The van der Waals surface area contributed by atoms with E-state index < -0.39 is 23.2 Å². The Morgan fingerprint density at radius 1 is 1.19 bits per heavy atom. The maximum Gasteiger partial charge on any atom is 0.263 e. The second kappa shape index (κ2) is 3.58. The molecule has 0 aliphatic rings. The molecule has 3 N–H and O–H groups in total. The Hall–Kier alpha value is -2.50. The van der Waals surface area contributed by atoms with Crippen molar-refractivity contribution in [3.63, 3.8) is 0 Å². The number of nitrogens with zero attached hydrogens (tertiary/aromatic N) is 2. The molecule has 1 aromatic carbocycles. The topological polar surface area (TPSA) is 95.6 Å². The molecule has 0 saturated carbocycles. The first-order valence-corrected chi connectivity index (χ1v) is 4.37. The molecule has 0 spiro atoms. The smallest absolute Gasteiger partial charge is 0.263 e. The van der Waals surface area contributed by atoms with Crippen LogP contribution in [-0.4, -0.2) is 30.8 Å². The number of rotatable bonds is 1. The molecule has 1 aromatic heterocycles. The van der Waals surface area contributed by atoms with E-state index in [1.54, 1.807) is 0 Å². The Morgan fingerprint density at radius 3 is 2.31 bits per heavy atom. The maximum atomic E-state index is 11.7. The number of benzene rings is 1. The van der Waals surface area contributed by atoms with E-state index >= 15 is 0 Å². The van der Waals surface area contributed by atoms with Crippen molar-refractivity contribution in [2.45, 2.75) is 0 Å². The predicted molar refractivity (Wildman–Crippen MR) is 53.4 cm³/mol. The molecule has 0 saturated heterocycles. The van der Waals surface area contributed by atoms with Gasteiger partial charge in [-0.15, -0.1) is 0 Å². The van der Waals surface area contributed by atoms with E-state index in [0.717, 1.165) is 12.1 Å². The van der Waals surface area contributed by atoms with E-state index in [9.17, 15) is 15.0 Å². The summed E-state index contributed by atoms with van der Waals surface area (Å²) in [5, 5.41) is 27.6. The zero-order chi connectivity index (χ0) is 11.7. The Kier molecular flexibility index (Phi) is 2.24. The van der Waals surface area contributed by atoms with Crippen molar-refractivity contribution in [1.82, 2.24) is 9.55 Å². The van der Waals surface area contributed by atoms with Crippen LogP contribution in [0.1, 0.15) is 10.4 Å². The molecule has 6 heteroatoms. The van der Waals surface area contributed by atoms with Crippen molar-refractivity contribution >= 4 is 5.91 Å². The maximum absolute atomic E-state index is 11.7. The minimum absolute atomic E-state index is 0.0470. The van der Waals surface area contributed by atoms with Gasteiger partial charge in [-0.1, -0.05) is 0 Å². The Labute approximate surface area is 90.0 Å². The summed E-state index contributed by atoms with van der Waals surface area (Å²) < 4.78 is 1.19. The third-order valence-corrected chi connectivity index (χ3v) is 2.06. The standard InChI is InChI=1S/C10H8N2O4/c13-7-3-6(4-8(14)9(7)15)10(16)12-2-1-11-5-12/h1-5,13-15H. The SMILES string of the molecule is O=C(c1cc(O)c(O)c(O)c1)n1ccnc1. The first-order chi connectivity index (χ1) is 7.59. The summed E-state index contributed by atoms with van der Waals surface area (Å²) in [6.45, 7) is 0. The van der Waals surface area contributed by atoms with Crippen LogP contribution in [0.5, 0.6) is 17.2 Å².